The molecule has 1 aromatic rings. The highest BCUT2D eigenvalue weighted by atomic mass is 32.2. The van der Waals surface area contributed by atoms with Gasteiger partial charge in [0.05, 0.1) is 6.04 Å². The molecule has 0 amide bonds. The molecule has 0 saturated carbocycles. The van der Waals surface area contributed by atoms with Gasteiger partial charge in [0, 0.05) is 11.7 Å². The molecule has 0 aliphatic carbocycles. The van der Waals surface area contributed by atoms with E-state index in [2.05, 4.69) is 15.5 Å². The molecule has 1 aliphatic heterocycles. The van der Waals surface area contributed by atoms with E-state index in [-0.39, 0.29) is 6.04 Å². The summed E-state index contributed by atoms with van der Waals surface area (Å²) in [5, 5.41) is 7.78. The van der Waals surface area contributed by atoms with Gasteiger partial charge >= 0.3 is 0 Å². The standard InChI is InChI=1S/C11H19N3OS/c1-8(12-2)11-13-10(15-14-11)7-9-5-3-4-6-16-9/h8-9,12H,3-7H2,1-2H3. The van der Waals surface area contributed by atoms with Gasteiger partial charge in [0.1, 0.15) is 0 Å². The van der Waals surface area contributed by atoms with E-state index in [4.69, 9.17) is 4.52 Å². The molecule has 4 nitrogen and oxygen atoms in total. The fraction of sp³-hybridized carbons (Fsp3) is 0.818. The molecular formula is C11H19N3OS. The van der Waals surface area contributed by atoms with Crippen molar-refractivity contribution >= 4 is 11.8 Å². The van der Waals surface area contributed by atoms with Crippen LogP contribution in [0.1, 0.15) is 43.9 Å². The van der Waals surface area contributed by atoms with Crippen LogP contribution in [0.3, 0.4) is 0 Å². The van der Waals surface area contributed by atoms with Gasteiger partial charge in [0.2, 0.25) is 5.89 Å². The maximum Gasteiger partial charge on any atom is 0.227 e. The number of aromatic nitrogens is 2. The molecule has 5 heteroatoms. The second-order valence-corrected chi connectivity index (χ2v) is 5.66. The minimum atomic E-state index is 0.163. The molecule has 1 aliphatic rings. The third kappa shape index (κ3) is 2.98. The van der Waals surface area contributed by atoms with E-state index >= 15 is 0 Å². The van der Waals surface area contributed by atoms with Crippen LogP contribution >= 0.6 is 11.8 Å². The number of rotatable bonds is 4. The predicted octanol–water partition coefficient (Wildman–Crippen LogP) is 2.18. The first kappa shape index (κ1) is 11.9. The van der Waals surface area contributed by atoms with Gasteiger partial charge in [-0.2, -0.15) is 16.7 Å². The molecular weight excluding hydrogens is 222 g/mol. The largest absolute Gasteiger partial charge is 0.339 e. The summed E-state index contributed by atoms with van der Waals surface area (Å²) in [4.78, 5) is 4.42. The lowest BCUT2D eigenvalue weighted by molar-refractivity contribution is 0.365. The number of hydrogen-bond donors (Lipinski definition) is 1. The highest BCUT2D eigenvalue weighted by Gasteiger charge is 2.19. The van der Waals surface area contributed by atoms with E-state index in [1.165, 1.54) is 25.0 Å². The lowest BCUT2D eigenvalue weighted by atomic mass is 10.1. The highest BCUT2D eigenvalue weighted by molar-refractivity contribution is 7.99. The van der Waals surface area contributed by atoms with Gasteiger partial charge in [-0.25, -0.2) is 0 Å². The summed E-state index contributed by atoms with van der Waals surface area (Å²) in [7, 11) is 1.90. The molecule has 1 saturated heterocycles. The van der Waals surface area contributed by atoms with Crippen molar-refractivity contribution in [2.45, 2.75) is 43.9 Å². The molecule has 16 heavy (non-hydrogen) atoms. The lowest BCUT2D eigenvalue weighted by Crippen LogP contribution is -2.15. The van der Waals surface area contributed by atoms with E-state index in [1.54, 1.807) is 0 Å². The Morgan fingerprint density at radius 1 is 1.56 bits per heavy atom. The number of hydrogen-bond acceptors (Lipinski definition) is 5. The van der Waals surface area contributed by atoms with Crippen LogP contribution in [0.15, 0.2) is 4.52 Å². The van der Waals surface area contributed by atoms with Crippen molar-refractivity contribution in [1.82, 2.24) is 15.5 Å². The van der Waals surface area contributed by atoms with Gasteiger partial charge in [-0.1, -0.05) is 11.6 Å². The first-order chi connectivity index (χ1) is 7.79. The van der Waals surface area contributed by atoms with Gasteiger partial charge in [-0.15, -0.1) is 0 Å². The first-order valence-corrected chi connectivity index (χ1v) is 6.96. The molecule has 0 spiro atoms. The quantitative estimate of drug-likeness (QED) is 0.875. The number of thioether (sulfide) groups is 1. The molecule has 2 rings (SSSR count). The monoisotopic (exact) mass is 241 g/mol. The van der Waals surface area contributed by atoms with Crippen LogP contribution in [0.4, 0.5) is 0 Å². The van der Waals surface area contributed by atoms with E-state index in [0.717, 1.165) is 18.1 Å². The van der Waals surface area contributed by atoms with Gasteiger partial charge in [0.25, 0.3) is 0 Å². The molecule has 0 bridgehead atoms. The summed E-state index contributed by atoms with van der Waals surface area (Å²) in [5.41, 5.74) is 0. The summed E-state index contributed by atoms with van der Waals surface area (Å²) in [6.45, 7) is 2.03. The summed E-state index contributed by atoms with van der Waals surface area (Å²) < 4.78 is 5.28. The Kier molecular flexibility index (Phi) is 4.23. The van der Waals surface area contributed by atoms with Crippen LogP contribution in [0.2, 0.25) is 0 Å². The molecule has 2 heterocycles. The SMILES string of the molecule is CNC(C)c1noc(CC2CCCCS2)n1. The lowest BCUT2D eigenvalue weighted by Gasteiger charge is -2.19. The molecule has 2 unspecified atom stereocenters. The Labute approximate surface area is 101 Å². The molecule has 90 valence electrons. The zero-order valence-corrected chi connectivity index (χ0v) is 10.7. The Morgan fingerprint density at radius 2 is 2.44 bits per heavy atom. The second kappa shape index (κ2) is 5.68. The third-order valence-electron chi connectivity index (χ3n) is 2.98. The Balaban J connectivity index is 1.91. The maximum atomic E-state index is 5.28. The van der Waals surface area contributed by atoms with Crippen molar-refractivity contribution in [2.75, 3.05) is 12.8 Å². The number of nitrogens with one attached hydrogen (secondary N) is 1. The Bertz CT molecular complexity index is 323. The normalized spacial score (nSPS) is 23.2. The van der Waals surface area contributed by atoms with Crippen molar-refractivity contribution in [1.29, 1.82) is 0 Å². The van der Waals surface area contributed by atoms with E-state index < -0.39 is 0 Å². The summed E-state index contributed by atoms with van der Waals surface area (Å²) >= 11 is 2.04. The molecule has 2 atom stereocenters. The van der Waals surface area contributed by atoms with E-state index in [9.17, 15) is 0 Å². The van der Waals surface area contributed by atoms with Crippen molar-refractivity contribution < 1.29 is 4.52 Å². The first-order valence-electron chi connectivity index (χ1n) is 5.91. The van der Waals surface area contributed by atoms with Crippen molar-refractivity contribution in [3.05, 3.63) is 11.7 Å². The van der Waals surface area contributed by atoms with E-state index in [1.807, 2.05) is 25.7 Å². The van der Waals surface area contributed by atoms with Gasteiger partial charge in [0.15, 0.2) is 5.82 Å². The van der Waals surface area contributed by atoms with Crippen molar-refractivity contribution in [3.63, 3.8) is 0 Å². The zero-order chi connectivity index (χ0) is 11.4. The van der Waals surface area contributed by atoms with Gasteiger partial charge < -0.3 is 9.84 Å². The van der Waals surface area contributed by atoms with Crippen LogP contribution < -0.4 is 5.32 Å². The Hall–Kier alpha value is -0.550. The predicted molar refractivity (Wildman–Crippen MR) is 65.6 cm³/mol. The fourth-order valence-electron chi connectivity index (χ4n) is 1.82. The van der Waals surface area contributed by atoms with Gasteiger partial charge in [-0.3, -0.25) is 0 Å². The minimum absolute atomic E-state index is 0.163. The third-order valence-corrected chi connectivity index (χ3v) is 4.38. The molecule has 0 aromatic carbocycles. The van der Waals surface area contributed by atoms with Crippen LogP contribution in [0.5, 0.6) is 0 Å². The number of nitrogens with zero attached hydrogens (tertiary/aromatic N) is 2. The molecule has 1 aromatic heterocycles. The van der Waals surface area contributed by atoms with Crippen molar-refractivity contribution in [3.8, 4) is 0 Å². The van der Waals surface area contributed by atoms with E-state index in [0.29, 0.717) is 5.25 Å². The summed E-state index contributed by atoms with van der Waals surface area (Å²) in [5.74, 6) is 2.83. The zero-order valence-electron chi connectivity index (χ0n) is 9.90. The van der Waals surface area contributed by atoms with Crippen LogP contribution in [-0.4, -0.2) is 28.2 Å². The minimum Gasteiger partial charge on any atom is -0.339 e. The smallest absolute Gasteiger partial charge is 0.227 e. The van der Waals surface area contributed by atoms with Gasteiger partial charge in [-0.05, 0) is 32.6 Å². The topological polar surface area (TPSA) is 51.0 Å². The van der Waals surface area contributed by atoms with Crippen LogP contribution in [-0.2, 0) is 6.42 Å². The molecule has 0 radical (unpaired) electrons. The Morgan fingerprint density at radius 3 is 3.12 bits per heavy atom. The average Bonchev–Trinajstić information content (AvgIpc) is 2.78. The maximum absolute atomic E-state index is 5.28. The molecule has 1 N–H and O–H groups in total. The van der Waals surface area contributed by atoms with Crippen LogP contribution in [0, 0.1) is 0 Å². The molecule has 1 fully saturated rings. The summed E-state index contributed by atoms with van der Waals surface area (Å²) in [6, 6.07) is 0.163. The van der Waals surface area contributed by atoms with Crippen molar-refractivity contribution in [2.24, 2.45) is 0 Å². The highest BCUT2D eigenvalue weighted by Crippen LogP contribution is 2.27. The fourth-order valence-corrected chi connectivity index (χ4v) is 3.12. The average molecular weight is 241 g/mol. The second-order valence-electron chi connectivity index (χ2n) is 4.25. The van der Waals surface area contributed by atoms with Crippen LogP contribution in [0.25, 0.3) is 0 Å². The summed E-state index contributed by atoms with van der Waals surface area (Å²) in [6.07, 6.45) is 4.90.